The number of hydrogen-bond acceptors (Lipinski definition) is 6. The topological polar surface area (TPSA) is 98.7 Å². The van der Waals surface area contributed by atoms with E-state index in [1.54, 1.807) is 24.3 Å². The van der Waals surface area contributed by atoms with Crippen LogP contribution in [0.25, 0.3) is 11.3 Å². The van der Waals surface area contributed by atoms with Crippen molar-refractivity contribution >= 4 is 23.2 Å². The molecule has 0 radical (unpaired) electrons. The smallest absolute Gasteiger partial charge is 0.287 e. The molecular weight excluding hydrogens is 452 g/mol. The molecule has 1 N–H and O–H groups in total. The summed E-state index contributed by atoms with van der Waals surface area (Å²) in [6, 6.07) is 14.5. The second kappa shape index (κ2) is 10.8. The minimum atomic E-state index is -0.374. The molecule has 0 aliphatic rings. The largest absolute Gasteiger partial charge is 0.494 e. The van der Waals surface area contributed by atoms with Gasteiger partial charge in [0.2, 0.25) is 0 Å². The van der Waals surface area contributed by atoms with Crippen molar-refractivity contribution in [1.29, 1.82) is 0 Å². The molecule has 0 aliphatic carbocycles. The normalized spacial score (nSPS) is 11.4. The number of ether oxygens (including phenoxy) is 1. The van der Waals surface area contributed by atoms with E-state index in [0.29, 0.717) is 30.1 Å². The molecule has 3 aromatic heterocycles. The fourth-order valence-corrected chi connectivity index (χ4v) is 4.21. The van der Waals surface area contributed by atoms with Gasteiger partial charge < -0.3 is 19.0 Å². The number of carbonyl (C=O) groups excluding carboxylic acids is 2. The lowest BCUT2D eigenvalue weighted by molar-refractivity contribution is 0.0923. The third kappa shape index (κ3) is 5.49. The average molecular weight is 477 g/mol. The van der Waals surface area contributed by atoms with E-state index in [-0.39, 0.29) is 17.6 Å². The SMILES string of the molecule is CCOc1ccc(-c2csc(=NC(=O)c3ccc(C)nc3)n2CCNC(=O)c2ccco2)cc1. The van der Waals surface area contributed by atoms with Crippen molar-refractivity contribution in [3.05, 3.63) is 88.2 Å². The molecule has 3 heterocycles. The lowest BCUT2D eigenvalue weighted by atomic mass is 10.1. The molecule has 0 unspecified atom stereocenters. The molecule has 0 saturated carbocycles. The fraction of sp³-hybridized carbons (Fsp3) is 0.200. The van der Waals surface area contributed by atoms with E-state index in [0.717, 1.165) is 22.7 Å². The van der Waals surface area contributed by atoms with Crippen LogP contribution in [0.3, 0.4) is 0 Å². The highest BCUT2D eigenvalue weighted by molar-refractivity contribution is 7.07. The van der Waals surface area contributed by atoms with Crippen molar-refractivity contribution in [3.8, 4) is 17.0 Å². The van der Waals surface area contributed by atoms with E-state index in [2.05, 4.69) is 15.3 Å². The van der Waals surface area contributed by atoms with Crippen molar-refractivity contribution in [1.82, 2.24) is 14.9 Å². The highest BCUT2D eigenvalue weighted by atomic mass is 32.1. The summed E-state index contributed by atoms with van der Waals surface area (Å²) in [5.74, 6) is 0.351. The van der Waals surface area contributed by atoms with Gasteiger partial charge in [0, 0.05) is 30.4 Å². The van der Waals surface area contributed by atoms with E-state index in [1.165, 1.54) is 23.8 Å². The number of aryl methyl sites for hydroxylation is 1. The summed E-state index contributed by atoms with van der Waals surface area (Å²) >= 11 is 1.36. The van der Waals surface area contributed by atoms with Gasteiger partial charge in [-0.05, 0) is 67.9 Å². The van der Waals surface area contributed by atoms with E-state index in [1.807, 2.05) is 48.1 Å². The molecule has 34 heavy (non-hydrogen) atoms. The van der Waals surface area contributed by atoms with Crippen LogP contribution in [0, 0.1) is 6.92 Å². The summed E-state index contributed by atoms with van der Waals surface area (Å²) < 4.78 is 12.6. The van der Waals surface area contributed by atoms with E-state index < -0.39 is 0 Å². The summed E-state index contributed by atoms with van der Waals surface area (Å²) in [5, 5.41) is 4.79. The van der Waals surface area contributed by atoms with Crippen molar-refractivity contribution in [2.45, 2.75) is 20.4 Å². The minimum Gasteiger partial charge on any atom is -0.494 e. The first-order valence-electron chi connectivity index (χ1n) is 10.8. The summed E-state index contributed by atoms with van der Waals surface area (Å²) in [7, 11) is 0. The lowest BCUT2D eigenvalue weighted by Crippen LogP contribution is -2.30. The molecule has 9 heteroatoms. The van der Waals surface area contributed by atoms with Gasteiger partial charge in [0.15, 0.2) is 10.6 Å². The lowest BCUT2D eigenvalue weighted by Gasteiger charge is -2.11. The Kier molecular flexibility index (Phi) is 7.34. The number of hydrogen-bond donors (Lipinski definition) is 1. The monoisotopic (exact) mass is 476 g/mol. The predicted molar refractivity (Wildman–Crippen MR) is 129 cm³/mol. The zero-order valence-electron chi connectivity index (χ0n) is 18.9. The Morgan fingerprint density at radius 3 is 2.68 bits per heavy atom. The van der Waals surface area contributed by atoms with Crippen molar-refractivity contribution in [2.75, 3.05) is 13.2 Å². The van der Waals surface area contributed by atoms with Gasteiger partial charge in [0.25, 0.3) is 11.8 Å². The van der Waals surface area contributed by atoms with Gasteiger partial charge in [0.05, 0.1) is 24.1 Å². The van der Waals surface area contributed by atoms with Gasteiger partial charge in [-0.25, -0.2) is 0 Å². The quantitative estimate of drug-likeness (QED) is 0.413. The van der Waals surface area contributed by atoms with Crippen LogP contribution in [0.4, 0.5) is 0 Å². The van der Waals surface area contributed by atoms with Crippen LogP contribution in [0.5, 0.6) is 5.75 Å². The predicted octanol–water partition coefficient (Wildman–Crippen LogP) is 4.08. The summed E-state index contributed by atoms with van der Waals surface area (Å²) in [6.45, 7) is 5.13. The number of carbonyl (C=O) groups is 2. The molecule has 4 rings (SSSR count). The number of nitrogens with one attached hydrogen (secondary N) is 1. The van der Waals surface area contributed by atoms with Gasteiger partial charge in [-0.15, -0.1) is 11.3 Å². The van der Waals surface area contributed by atoms with Gasteiger partial charge in [-0.2, -0.15) is 4.99 Å². The zero-order chi connectivity index (χ0) is 23.9. The maximum Gasteiger partial charge on any atom is 0.287 e. The maximum absolute atomic E-state index is 12.8. The second-order valence-electron chi connectivity index (χ2n) is 7.35. The van der Waals surface area contributed by atoms with Crippen LogP contribution in [0.15, 0.2) is 75.8 Å². The van der Waals surface area contributed by atoms with Crippen LogP contribution >= 0.6 is 11.3 Å². The van der Waals surface area contributed by atoms with Crippen LogP contribution in [-0.4, -0.2) is 34.5 Å². The molecule has 1 aromatic carbocycles. The molecule has 0 bridgehead atoms. The van der Waals surface area contributed by atoms with Crippen molar-refractivity contribution < 1.29 is 18.7 Å². The highest BCUT2D eigenvalue weighted by Crippen LogP contribution is 2.23. The first-order valence-corrected chi connectivity index (χ1v) is 11.7. The maximum atomic E-state index is 12.8. The Morgan fingerprint density at radius 1 is 1.18 bits per heavy atom. The summed E-state index contributed by atoms with van der Waals surface area (Å²) in [4.78, 5) is 34.1. The Balaban J connectivity index is 1.63. The molecule has 4 aromatic rings. The van der Waals surface area contributed by atoms with E-state index in [4.69, 9.17) is 9.15 Å². The average Bonchev–Trinajstić information content (AvgIpc) is 3.51. The summed E-state index contributed by atoms with van der Waals surface area (Å²) in [5.41, 5.74) is 3.07. The first-order chi connectivity index (χ1) is 16.5. The molecular formula is C25H24N4O4S. The van der Waals surface area contributed by atoms with Gasteiger partial charge in [-0.1, -0.05) is 0 Å². The van der Waals surface area contributed by atoms with Gasteiger partial charge >= 0.3 is 0 Å². The third-order valence-corrected chi connectivity index (χ3v) is 5.84. The van der Waals surface area contributed by atoms with Crippen LogP contribution in [-0.2, 0) is 6.54 Å². The van der Waals surface area contributed by atoms with Crippen LogP contribution in [0.2, 0.25) is 0 Å². The zero-order valence-corrected chi connectivity index (χ0v) is 19.7. The minimum absolute atomic E-state index is 0.244. The molecule has 0 atom stereocenters. The molecule has 0 aliphatic heterocycles. The first kappa shape index (κ1) is 23.2. The molecule has 174 valence electrons. The molecule has 2 amide bonds. The molecule has 0 spiro atoms. The number of benzene rings is 1. The van der Waals surface area contributed by atoms with Crippen LogP contribution in [0.1, 0.15) is 33.5 Å². The van der Waals surface area contributed by atoms with Crippen molar-refractivity contribution in [3.63, 3.8) is 0 Å². The Labute approximate surface area is 200 Å². The number of pyridine rings is 1. The molecule has 0 saturated heterocycles. The third-order valence-electron chi connectivity index (χ3n) is 4.98. The fourth-order valence-electron chi connectivity index (χ4n) is 3.28. The highest BCUT2D eigenvalue weighted by Gasteiger charge is 2.13. The Hall–Kier alpha value is -3.98. The number of nitrogens with zero attached hydrogens (tertiary/aromatic N) is 3. The van der Waals surface area contributed by atoms with Gasteiger partial charge in [-0.3, -0.25) is 14.6 Å². The number of furan rings is 1. The summed E-state index contributed by atoms with van der Waals surface area (Å²) in [6.07, 6.45) is 2.98. The van der Waals surface area contributed by atoms with E-state index >= 15 is 0 Å². The van der Waals surface area contributed by atoms with E-state index in [9.17, 15) is 9.59 Å². The van der Waals surface area contributed by atoms with Crippen molar-refractivity contribution in [2.24, 2.45) is 4.99 Å². The second-order valence-corrected chi connectivity index (χ2v) is 8.19. The number of rotatable bonds is 8. The van der Waals surface area contributed by atoms with Gasteiger partial charge in [0.1, 0.15) is 5.75 Å². The molecule has 8 nitrogen and oxygen atoms in total. The number of thiazole rings is 1. The number of aromatic nitrogens is 2. The number of amides is 2. The standard InChI is InChI=1S/C25H24N4O4S/c1-3-32-20-10-8-18(9-11-20)21-16-34-25(28-23(30)19-7-6-17(2)27-15-19)29(21)13-12-26-24(31)22-5-4-14-33-22/h4-11,14-16H,3,12-13H2,1-2H3,(H,26,31). The Morgan fingerprint density at radius 2 is 2.00 bits per heavy atom. The van der Waals surface area contributed by atoms with Crippen LogP contribution < -0.4 is 14.9 Å². The molecule has 0 fully saturated rings. The Bertz CT molecular complexity index is 1320.